The summed E-state index contributed by atoms with van der Waals surface area (Å²) in [6.45, 7) is 12.8. The van der Waals surface area contributed by atoms with Crippen LogP contribution in [0.2, 0.25) is 10.0 Å². The fraction of sp³-hybridized carbons (Fsp3) is 0.455. The summed E-state index contributed by atoms with van der Waals surface area (Å²) in [5.74, 6) is 0.857. The van der Waals surface area contributed by atoms with E-state index in [1.54, 1.807) is 6.07 Å². The molecule has 4 heteroatoms. The fourth-order valence-corrected chi connectivity index (χ4v) is 3.86. The van der Waals surface area contributed by atoms with Gasteiger partial charge in [0.15, 0.2) is 0 Å². The molecule has 2 N–H and O–H groups in total. The highest BCUT2D eigenvalue weighted by Gasteiger charge is 2.28. The summed E-state index contributed by atoms with van der Waals surface area (Å²) < 4.78 is 5.92. The lowest BCUT2D eigenvalue weighted by Gasteiger charge is -2.30. The molecule has 2 rings (SSSR count). The van der Waals surface area contributed by atoms with Gasteiger partial charge in [0.1, 0.15) is 18.9 Å². The van der Waals surface area contributed by atoms with Gasteiger partial charge in [-0.2, -0.15) is 0 Å². The van der Waals surface area contributed by atoms with E-state index in [0.29, 0.717) is 22.1 Å². The Morgan fingerprint density at radius 2 is 1.69 bits per heavy atom. The van der Waals surface area contributed by atoms with E-state index in [1.165, 1.54) is 5.56 Å². The Kier molecular flexibility index (Phi) is 7.01. The first-order valence-electron chi connectivity index (χ1n) is 9.04. The summed E-state index contributed by atoms with van der Waals surface area (Å²) in [6, 6.07) is 13.7. The van der Waals surface area contributed by atoms with E-state index < -0.39 is 0 Å². The molecule has 0 aliphatic carbocycles. The van der Waals surface area contributed by atoms with Gasteiger partial charge in [0, 0.05) is 27.6 Å². The number of nitrogens with two attached hydrogens (primary N) is 1. The molecule has 142 valence electrons. The molecular weight excluding hydrogens is 365 g/mol. The van der Waals surface area contributed by atoms with Crippen LogP contribution in [0.15, 0.2) is 42.5 Å². The minimum absolute atomic E-state index is 0.200. The molecule has 0 unspecified atom stereocenters. The summed E-state index contributed by atoms with van der Waals surface area (Å²) in [7, 11) is 0. The lowest BCUT2D eigenvalue weighted by atomic mass is 9.82. The fourth-order valence-electron chi connectivity index (χ4n) is 3.40. The van der Waals surface area contributed by atoms with Crippen molar-refractivity contribution in [2.24, 2.45) is 5.41 Å². The Bertz CT molecular complexity index is 735. The van der Waals surface area contributed by atoms with Gasteiger partial charge in [0.05, 0.1) is 5.54 Å². The largest absolute Gasteiger partial charge is 0.489 e. The van der Waals surface area contributed by atoms with Crippen molar-refractivity contribution in [1.82, 2.24) is 0 Å². The maximum atomic E-state index is 6.21. The van der Waals surface area contributed by atoms with Crippen LogP contribution < -0.4 is 10.1 Å². The standard InChI is InChI=1S/C22H29Cl2NO/c1-21(2,3)15-22(4,5)25-13-16-7-6-8-19(11-16)26-14-17-9-10-18(23)12-20(17)24/h6-12,25H,13-15H2,1-5H3/p+1. The minimum Gasteiger partial charge on any atom is -0.489 e. The summed E-state index contributed by atoms with van der Waals surface area (Å²) >= 11 is 12.1. The van der Waals surface area contributed by atoms with Gasteiger partial charge in [-0.05, 0) is 43.5 Å². The van der Waals surface area contributed by atoms with Crippen molar-refractivity contribution in [3.8, 4) is 5.75 Å². The predicted octanol–water partition coefficient (Wildman–Crippen LogP) is 5.85. The first-order valence-corrected chi connectivity index (χ1v) is 9.80. The molecule has 0 bridgehead atoms. The molecule has 26 heavy (non-hydrogen) atoms. The van der Waals surface area contributed by atoms with E-state index in [0.717, 1.165) is 24.3 Å². The van der Waals surface area contributed by atoms with Gasteiger partial charge >= 0.3 is 0 Å². The van der Waals surface area contributed by atoms with Crippen LogP contribution in [-0.2, 0) is 13.2 Å². The van der Waals surface area contributed by atoms with E-state index in [2.05, 4.69) is 52.1 Å². The minimum atomic E-state index is 0.200. The third-order valence-corrected chi connectivity index (χ3v) is 4.77. The van der Waals surface area contributed by atoms with E-state index in [9.17, 15) is 0 Å². The number of rotatable bonds is 7. The Balaban J connectivity index is 1.95. The van der Waals surface area contributed by atoms with Gasteiger partial charge in [-0.25, -0.2) is 0 Å². The summed E-state index contributed by atoms with van der Waals surface area (Å²) in [4.78, 5) is 0. The average Bonchev–Trinajstić information content (AvgIpc) is 2.50. The van der Waals surface area contributed by atoms with Crippen LogP contribution in [0.25, 0.3) is 0 Å². The molecule has 0 saturated heterocycles. The van der Waals surface area contributed by atoms with Gasteiger partial charge in [0.25, 0.3) is 0 Å². The van der Waals surface area contributed by atoms with Gasteiger partial charge in [-0.3, -0.25) is 0 Å². The Labute approximate surface area is 167 Å². The number of hydrogen-bond acceptors (Lipinski definition) is 1. The van der Waals surface area contributed by atoms with Crippen molar-refractivity contribution in [1.29, 1.82) is 0 Å². The van der Waals surface area contributed by atoms with Gasteiger partial charge in [-0.1, -0.05) is 62.2 Å². The topological polar surface area (TPSA) is 25.8 Å². The monoisotopic (exact) mass is 394 g/mol. The van der Waals surface area contributed by atoms with E-state index in [4.69, 9.17) is 27.9 Å². The zero-order valence-corrected chi connectivity index (χ0v) is 17.9. The highest BCUT2D eigenvalue weighted by molar-refractivity contribution is 6.35. The molecule has 0 heterocycles. The zero-order valence-electron chi connectivity index (χ0n) is 16.4. The van der Waals surface area contributed by atoms with Crippen LogP contribution in [0.3, 0.4) is 0 Å². The second-order valence-corrected chi connectivity index (χ2v) is 9.65. The molecule has 0 saturated carbocycles. The molecule has 0 aromatic heterocycles. The van der Waals surface area contributed by atoms with Crippen LogP contribution in [0, 0.1) is 5.41 Å². The van der Waals surface area contributed by atoms with Crippen LogP contribution in [0.4, 0.5) is 0 Å². The summed E-state index contributed by atoms with van der Waals surface area (Å²) in [5, 5.41) is 3.67. The second-order valence-electron chi connectivity index (χ2n) is 8.81. The number of halogens is 2. The first kappa shape index (κ1) is 21.1. The van der Waals surface area contributed by atoms with Crippen LogP contribution in [-0.4, -0.2) is 5.54 Å². The Morgan fingerprint density at radius 3 is 2.35 bits per heavy atom. The van der Waals surface area contributed by atoms with Crippen molar-refractivity contribution in [3.05, 3.63) is 63.6 Å². The Hall–Kier alpha value is -1.22. The van der Waals surface area contributed by atoms with Crippen molar-refractivity contribution in [2.45, 2.75) is 59.7 Å². The number of benzene rings is 2. The van der Waals surface area contributed by atoms with E-state index in [1.807, 2.05) is 24.3 Å². The predicted molar refractivity (Wildman–Crippen MR) is 111 cm³/mol. The molecular formula is C22H30Cl2NO+. The smallest absolute Gasteiger partial charge is 0.120 e. The van der Waals surface area contributed by atoms with Gasteiger partial charge in [0.2, 0.25) is 0 Å². The zero-order chi connectivity index (χ0) is 19.4. The first-order chi connectivity index (χ1) is 12.0. The quantitative estimate of drug-likeness (QED) is 0.625. The van der Waals surface area contributed by atoms with Gasteiger partial charge < -0.3 is 10.1 Å². The number of hydrogen-bond donors (Lipinski definition) is 1. The molecule has 2 aromatic rings. The molecule has 0 spiro atoms. The number of quaternary nitrogens is 1. The van der Waals surface area contributed by atoms with Crippen molar-refractivity contribution >= 4 is 23.2 Å². The molecule has 0 radical (unpaired) electrons. The van der Waals surface area contributed by atoms with Crippen molar-refractivity contribution in [3.63, 3.8) is 0 Å². The molecule has 0 amide bonds. The third-order valence-electron chi connectivity index (χ3n) is 4.18. The summed E-state index contributed by atoms with van der Waals surface area (Å²) in [5.41, 5.74) is 2.71. The van der Waals surface area contributed by atoms with E-state index >= 15 is 0 Å². The van der Waals surface area contributed by atoms with Crippen LogP contribution in [0.1, 0.15) is 52.2 Å². The SMILES string of the molecule is CC(C)(C)CC(C)(C)[NH2+]Cc1cccc(OCc2ccc(Cl)cc2Cl)c1. The van der Waals surface area contributed by atoms with Crippen molar-refractivity contribution in [2.75, 3.05) is 0 Å². The van der Waals surface area contributed by atoms with Crippen LogP contribution in [0.5, 0.6) is 5.75 Å². The normalized spacial score (nSPS) is 12.3. The molecule has 0 aliphatic rings. The lowest BCUT2D eigenvalue weighted by Crippen LogP contribution is -2.94. The molecule has 2 aromatic carbocycles. The lowest BCUT2D eigenvalue weighted by molar-refractivity contribution is -0.737. The second kappa shape index (κ2) is 8.65. The van der Waals surface area contributed by atoms with Crippen LogP contribution >= 0.6 is 23.2 Å². The molecule has 0 fully saturated rings. The molecule has 0 aliphatic heterocycles. The average molecular weight is 395 g/mol. The summed E-state index contributed by atoms with van der Waals surface area (Å²) in [6.07, 6.45) is 1.16. The molecule has 0 atom stereocenters. The third kappa shape index (κ3) is 7.19. The maximum Gasteiger partial charge on any atom is 0.120 e. The maximum absolute atomic E-state index is 6.21. The Morgan fingerprint density at radius 1 is 0.962 bits per heavy atom. The highest BCUT2D eigenvalue weighted by atomic mass is 35.5. The van der Waals surface area contributed by atoms with E-state index in [-0.39, 0.29) is 5.54 Å². The molecule has 2 nitrogen and oxygen atoms in total. The van der Waals surface area contributed by atoms with Crippen molar-refractivity contribution < 1.29 is 10.1 Å². The van der Waals surface area contributed by atoms with Gasteiger partial charge in [-0.15, -0.1) is 0 Å². The number of ether oxygens (including phenoxy) is 1. The highest BCUT2D eigenvalue weighted by Crippen LogP contribution is 2.25.